The highest BCUT2D eigenvalue weighted by Gasteiger charge is 2.35. The van der Waals surface area contributed by atoms with Crippen LogP contribution in [0.3, 0.4) is 0 Å². The van der Waals surface area contributed by atoms with Gasteiger partial charge in [-0.05, 0) is 32.2 Å². The molecule has 0 amide bonds. The van der Waals surface area contributed by atoms with Gasteiger partial charge in [0.15, 0.2) is 0 Å². The molecule has 1 aromatic rings. The fourth-order valence-electron chi connectivity index (χ4n) is 3.60. The van der Waals surface area contributed by atoms with E-state index < -0.39 is 0 Å². The molecule has 0 radical (unpaired) electrons. The molecule has 0 aromatic carbocycles. The zero-order chi connectivity index (χ0) is 15.0. The molecule has 2 saturated heterocycles. The lowest BCUT2D eigenvalue weighted by molar-refractivity contribution is -0.0548. The van der Waals surface area contributed by atoms with Crippen molar-refractivity contribution >= 4 is 0 Å². The third-order valence-corrected chi connectivity index (χ3v) is 4.70. The highest BCUT2D eigenvalue weighted by Crippen LogP contribution is 2.31. The monoisotopic (exact) mass is 294 g/mol. The van der Waals surface area contributed by atoms with Gasteiger partial charge in [0.2, 0.25) is 11.7 Å². The second-order valence-corrected chi connectivity index (χ2v) is 6.73. The van der Waals surface area contributed by atoms with Crippen molar-refractivity contribution in [1.82, 2.24) is 15.0 Å². The molecule has 6 heteroatoms. The van der Waals surface area contributed by atoms with Gasteiger partial charge in [0.25, 0.3) is 0 Å². The van der Waals surface area contributed by atoms with Crippen molar-refractivity contribution in [2.75, 3.05) is 19.7 Å². The zero-order valence-electron chi connectivity index (χ0n) is 13.2. The van der Waals surface area contributed by atoms with E-state index in [2.05, 4.69) is 28.9 Å². The average molecular weight is 294 g/mol. The quantitative estimate of drug-likeness (QED) is 0.910. The molecule has 3 rings (SSSR count). The van der Waals surface area contributed by atoms with Crippen LogP contribution in [0.4, 0.5) is 0 Å². The summed E-state index contributed by atoms with van der Waals surface area (Å²) in [5, 5.41) is 4.15. The van der Waals surface area contributed by atoms with Crippen LogP contribution in [0.2, 0.25) is 0 Å². The van der Waals surface area contributed by atoms with E-state index in [9.17, 15) is 0 Å². The first-order valence-electron chi connectivity index (χ1n) is 8.01. The molecule has 4 atom stereocenters. The summed E-state index contributed by atoms with van der Waals surface area (Å²) >= 11 is 0. The molecule has 3 heterocycles. The summed E-state index contributed by atoms with van der Waals surface area (Å²) in [5.74, 6) is 1.77. The van der Waals surface area contributed by atoms with E-state index in [1.54, 1.807) is 0 Å². The summed E-state index contributed by atoms with van der Waals surface area (Å²) < 4.78 is 11.4. The molecule has 2 aliphatic heterocycles. The molecule has 0 saturated carbocycles. The van der Waals surface area contributed by atoms with Crippen LogP contribution in [0.25, 0.3) is 0 Å². The van der Waals surface area contributed by atoms with Gasteiger partial charge in [0.05, 0.1) is 12.5 Å². The van der Waals surface area contributed by atoms with E-state index >= 15 is 0 Å². The number of nitrogens with two attached hydrogens (primary N) is 1. The predicted molar refractivity (Wildman–Crippen MR) is 78.8 cm³/mol. The highest BCUT2D eigenvalue weighted by atomic mass is 16.5. The third kappa shape index (κ3) is 2.98. The van der Waals surface area contributed by atoms with Gasteiger partial charge >= 0.3 is 0 Å². The molecule has 0 spiro atoms. The predicted octanol–water partition coefficient (Wildman–Crippen LogP) is 1.69. The molecule has 2 N–H and O–H groups in total. The second-order valence-electron chi connectivity index (χ2n) is 6.73. The molecule has 118 valence electrons. The standard InChI is InChI=1S/C15H26N4O2/c1-9(2)13(10(3)16)15-17-14(18-21-15)12-7-19-6-4-5-11(19)8-20-12/h9-13H,4-8,16H2,1-3H3. The molecular formula is C15H26N4O2. The van der Waals surface area contributed by atoms with Crippen molar-refractivity contribution in [2.45, 2.75) is 57.7 Å². The Bertz CT molecular complexity index is 466. The average Bonchev–Trinajstić information content (AvgIpc) is 3.05. The Morgan fingerprint density at radius 3 is 2.86 bits per heavy atom. The van der Waals surface area contributed by atoms with Crippen LogP contribution < -0.4 is 5.73 Å². The van der Waals surface area contributed by atoms with Gasteiger partial charge in [-0.15, -0.1) is 0 Å². The summed E-state index contributed by atoms with van der Waals surface area (Å²) in [6.45, 7) is 9.04. The van der Waals surface area contributed by atoms with E-state index in [4.69, 9.17) is 15.0 Å². The minimum Gasteiger partial charge on any atom is -0.367 e. The van der Waals surface area contributed by atoms with E-state index in [0.29, 0.717) is 23.7 Å². The summed E-state index contributed by atoms with van der Waals surface area (Å²) in [7, 11) is 0. The maximum absolute atomic E-state index is 6.06. The molecule has 21 heavy (non-hydrogen) atoms. The van der Waals surface area contributed by atoms with Crippen molar-refractivity contribution in [1.29, 1.82) is 0 Å². The van der Waals surface area contributed by atoms with Gasteiger partial charge < -0.3 is 15.0 Å². The van der Waals surface area contributed by atoms with Gasteiger partial charge in [0.1, 0.15) is 6.10 Å². The molecule has 0 aliphatic carbocycles. The lowest BCUT2D eigenvalue weighted by Gasteiger charge is -2.33. The Balaban J connectivity index is 1.72. The summed E-state index contributed by atoms with van der Waals surface area (Å²) in [4.78, 5) is 7.06. The Morgan fingerprint density at radius 2 is 2.14 bits per heavy atom. The molecule has 6 nitrogen and oxygen atoms in total. The first kappa shape index (κ1) is 14.9. The largest absolute Gasteiger partial charge is 0.367 e. The lowest BCUT2D eigenvalue weighted by Crippen LogP contribution is -2.42. The fraction of sp³-hybridized carbons (Fsp3) is 0.867. The van der Waals surface area contributed by atoms with Gasteiger partial charge in [-0.2, -0.15) is 4.98 Å². The number of hydrogen-bond acceptors (Lipinski definition) is 6. The van der Waals surface area contributed by atoms with Crippen LogP contribution in [-0.4, -0.2) is 46.8 Å². The van der Waals surface area contributed by atoms with Crippen LogP contribution in [0, 0.1) is 5.92 Å². The summed E-state index contributed by atoms with van der Waals surface area (Å²) in [6.07, 6.45) is 2.43. The molecule has 2 fully saturated rings. The first-order chi connectivity index (χ1) is 10.1. The van der Waals surface area contributed by atoms with E-state index in [-0.39, 0.29) is 18.1 Å². The molecule has 1 aromatic heterocycles. The van der Waals surface area contributed by atoms with Gasteiger partial charge in [0, 0.05) is 18.6 Å². The van der Waals surface area contributed by atoms with Crippen molar-refractivity contribution in [2.24, 2.45) is 11.7 Å². The number of ether oxygens (including phenoxy) is 1. The minimum atomic E-state index is -0.0715. The molecule has 0 bridgehead atoms. The Labute approximate surface area is 126 Å². The van der Waals surface area contributed by atoms with Crippen LogP contribution in [0.5, 0.6) is 0 Å². The van der Waals surface area contributed by atoms with Crippen molar-refractivity contribution in [3.05, 3.63) is 11.7 Å². The minimum absolute atomic E-state index is 0.00598. The van der Waals surface area contributed by atoms with E-state index in [1.807, 2.05) is 6.92 Å². The van der Waals surface area contributed by atoms with Crippen molar-refractivity contribution < 1.29 is 9.26 Å². The molecule has 2 aliphatic rings. The Morgan fingerprint density at radius 1 is 1.33 bits per heavy atom. The van der Waals surface area contributed by atoms with Gasteiger partial charge in [-0.1, -0.05) is 19.0 Å². The van der Waals surface area contributed by atoms with Gasteiger partial charge in [-0.25, -0.2) is 0 Å². The van der Waals surface area contributed by atoms with Crippen molar-refractivity contribution in [3.8, 4) is 0 Å². The first-order valence-corrected chi connectivity index (χ1v) is 8.01. The normalized spacial score (nSPS) is 29.6. The number of nitrogens with zero attached hydrogens (tertiary/aromatic N) is 3. The molecule has 4 unspecified atom stereocenters. The summed E-state index contributed by atoms with van der Waals surface area (Å²) in [6, 6.07) is 0.577. The fourth-order valence-corrected chi connectivity index (χ4v) is 3.60. The molecular weight excluding hydrogens is 268 g/mol. The van der Waals surface area contributed by atoms with Crippen molar-refractivity contribution in [3.63, 3.8) is 0 Å². The Kier molecular flexibility index (Phi) is 4.28. The maximum Gasteiger partial charge on any atom is 0.231 e. The van der Waals surface area contributed by atoms with Crippen LogP contribution in [-0.2, 0) is 4.74 Å². The van der Waals surface area contributed by atoms with Crippen LogP contribution in [0.1, 0.15) is 57.3 Å². The van der Waals surface area contributed by atoms with E-state index in [1.165, 1.54) is 12.8 Å². The van der Waals surface area contributed by atoms with Crippen LogP contribution >= 0.6 is 0 Å². The highest BCUT2D eigenvalue weighted by molar-refractivity contribution is 5.02. The zero-order valence-corrected chi connectivity index (χ0v) is 13.2. The van der Waals surface area contributed by atoms with E-state index in [0.717, 1.165) is 19.7 Å². The smallest absolute Gasteiger partial charge is 0.231 e. The number of fused-ring (bicyclic) bond motifs is 1. The number of aromatic nitrogens is 2. The van der Waals surface area contributed by atoms with Crippen LogP contribution in [0.15, 0.2) is 4.52 Å². The number of rotatable bonds is 4. The number of hydrogen-bond donors (Lipinski definition) is 1. The summed E-state index contributed by atoms with van der Waals surface area (Å²) in [5.41, 5.74) is 6.06. The van der Waals surface area contributed by atoms with Gasteiger partial charge in [-0.3, -0.25) is 4.90 Å². The Hall–Kier alpha value is -0.980. The SMILES string of the molecule is CC(C)C(c1nc(C2CN3CCCC3CO2)no1)C(C)N. The maximum atomic E-state index is 6.06. The second kappa shape index (κ2) is 6.02. The third-order valence-electron chi connectivity index (χ3n) is 4.70. The topological polar surface area (TPSA) is 77.4 Å². The number of morpholine rings is 1. The lowest BCUT2D eigenvalue weighted by atomic mass is 9.90.